The first-order valence-corrected chi connectivity index (χ1v) is 10.5. The number of nitrogens with zero attached hydrogens (tertiary/aromatic N) is 1. The molecule has 0 aliphatic carbocycles. The zero-order chi connectivity index (χ0) is 20.6. The molecule has 3 aromatic rings. The molecule has 2 N–H and O–H groups in total. The molecule has 0 aliphatic rings. The Morgan fingerprint density at radius 1 is 1.03 bits per heavy atom. The van der Waals surface area contributed by atoms with Crippen LogP contribution in [0.5, 0.6) is 0 Å². The molecule has 0 aliphatic heterocycles. The number of carbonyl (C=O) groups is 2. The number of anilines is 1. The minimum atomic E-state index is -0.199. The van der Waals surface area contributed by atoms with Gasteiger partial charge in [0.05, 0.1) is 5.01 Å². The number of amides is 2. The van der Waals surface area contributed by atoms with E-state index in [2.05, 4.69) is 15.6 Å². The Kier molecular flexibility index (Phi) is 7.14. The quantitative estimate of drug-likeness (QED) is 0.571. The lowest BCUT2D eigenvalue weighted by Crippen LogP contribution is -2.23. The predicted molar refractivity (Wildman–Crippen MR) is 117 cm³/mol. The molecule has 0 radical (unpaired) electrons. The lowest BCUT2D eigenvalue weighted by Gasteiger charge is -2.09. The van der Waals surface area contributed by atoms with E-state index in [1.54, 1.807) is 5.38 Å². The highest BCUT2D eigenvalue weighted by atomic mass is 32.1. The number of hydrogen-bond donors (Lipinski definition) is 2. The summed E-state index contributed by atoms with van der Waals surface area (Å²) >= 11 is 1.49. The standard InChI is InChI=1S/C23H25N3O2S/c1-16(2)11-21(27)25-19-10-6-9-18(12-19)14-24-23(28)20-15-29-22(26-20)13-17-7-4-3-5-8-17/h3-10,12,15-16H,11,13-14H2,1-2H3,(H,24,28)(H,25,27). The van der Waals surface area contributed by atoms with Crippen LogP contribution in [0.2, 0.25) is 0 Å². The van der Waals surface area contributed by atoms with E-state index in [1.165, 1.54) is 16.9 Å². The first-order valence-electron chi connectivity index (χ1n) is 9.65. The maximum absolute atomic E-state index is 12.4. The SMILES string of the molecule is CC(C)CC(=O)Nc1cccc(CNC(=O)c2csc(Cc3ccccc3)n2)c1. The monoisotopic (exact) mass is 407 g/mol. The van der Waals surface area contributed by atoms with Crippen molar-refractivity contribution in [2.75, 3.05) is 5.32 Å². The van der Waals surface area contributed by atoms with Gasteiger partial charge in [0.25, 0.3) is 5.91 Å². The first-order chi connectivity index (χ1) is 14.0. The molecule has 3 rings (SSSR count). The minimum Gasteiger partial charge on any atom is -0.347 e. The van der Waals surface area contributed by atoms with Crippen molar-refractivity contribution in [2.45, 2.75) is 33.2 Å². The molecule has 2 aromatic carbocycles. The van der Waals surface area contributed by atoms with Crippen LogP contribution in [0.15, 0.2) is 60.0 Å². The van der Waals surface area contributed by atoms with Gasteiger partial charge >= 0.3 is 0 Å². The topological polar surface area (TPSA) is 71.1 Å². The van der Waals surface area contributed by atoms with Gasteiger partial charge in [0, 0.05) is 30.5 Å². The fraction of sp³-hybridized carbons (Fsp3) is 0.261. The van der Waals surface area contributed by atoms with Gasteiger partial charge in [-0.05, 0) is 29.2 Å². The molecule has 1 heterocycles. The van der Waals surface area contributed by atoms with Crippen molar-refractivity contribution < 1.29 is 9.59 Å². The third kappa shape index (κ3) is 6.54. The summed E-state index contributed by atoms with van der Waals surface area (Å²) in [5.74, 6) is 0.103. The van der Waals surface area contributed by atoms with Crippen LogP contribution >= 0.6 is 11.3 Å². The summed E-state index contributed by atoms with van der Waals surface area (Å²) in [6, 6.07) is 17.6. The summed E-state index contributed by atoms with van der Waals surface area (Å²) in [6.45, 7) is 4.39. The van der Waals surface area contributed by atoms with Crippen molar-refractivity contribution in [1.82, 2.24) is 10.3 Å². The number of benzene rings is 2. The Balaban J connectivity index is 1.54. The van der Waals surface area contributed by atoms with Crippen LogP contribution in [0.25, 0.3) is 0 Å². The molecule has 0 unspecified atom stereocenters. The molecular weight excluding hydrogens is 382 g/mol. The number of rotatable bonds is 8. The first kappa shape index (κ1) is 20.7. The van der Waals surface area contributed by atoms with Gasteiger partial charge in [-0.1, -0.05) is 56.3 Å². The lowest BCUT2D eigenvalue weighted by atomic mass is 10.1. The Hall–Kier alpha value is -2.99. The second-order valence-electron chi connectivity index (χ2n) is 7.32. The zero-order valence-corrected chi connectivity index (χ0v) is 17.5. The van der Waals surface area contributed by atoms with Crippen LogP contribution in [0.3, 0.4) is 0 Å². The van der Waals surface area contributed by atoms with Crippen molar-refractivity contribution >= 4 is 28.8 Å². The van der Waals surface area contributed by atoms with E-state index in [-0.39, 0.29) is 11.8 Å². The number of nitrogens with one attached hydrogen (secondary N) is 2. The molecule has 2 amide bonds. The molecule has 0 bridgehead atoms. The molecule has 0 saturated carbocycles. The molecule has 5 nitrogen and oxygen atoms in total. The van der Waals surface area contributed by atoms with Gasteiger partial charge in [-0.15, -0.1) is 11.3 Å². The van der Waals surface area contributed by atoms with Gasteiger partial charge in [0.1, 0.15) is 5.69 Å². The molecule has 29 heavy (non-hydrogen) atoms. The third-order valence-corrected chi connectivity index (χ3v) is 5.09. The summed E-state index contributed by atoms with van der Waals surface area (Å²) in [5, 5.41) is 8.50. The molecular formula is C23H25N3O2S. The molecule has 0 saturated heterocycles. The lowest BCUT2D eigenvalue weighted by molar-refractivity contribution is -0.116. The van der Waals surface area contributed by atoms with E-state index in [9.17, 15) is 9.59 Å². The summed E-state index contributed by atoms with van der Waals surface area (Å²) in [5.41, 5.74) is 3.26. The molecule has 6 heteroatoms. The van der Waals surface area contributed by atoms with Gasteiger partial charge in [0.15, 0.2) is 0 Å². The molecule has 150 valence electrons. The molecule has 0 fully saturated rings. The average molecular weight is 408 g/mol. The summed E-state index contributed by atoms with van der Waals surface area (Å²) in [7, 11) is 0. The van der Waals surface area contributed by atoms with E-state index in [4.69, 9.17) is 0 Å². The smallest absolute Gasteiger partial charge is 0.271 e. The molecule has 0 atom stereocenters. The normalized spacial score (nSPS) is 10.7. The van der Waals surface area contributed by atoms with Crippen molar-refractivity contribution in [3.05, 3.63) is 81.8 Å². The maximum Gasteiger partial charge on any atom is 0.271 e. The number of carbonyl (C=O) groups excluding carboxylic acids is 2. The fourth-order valence-corrected chi connectivity index (χ4v) is 3.69. The number of thiazole rings is 1. The summed E-state index contributed by atoms with van der Waals surface area (Å²) in [4.78, 5) is 28.8. The van der Waals surface area contributed by atoms with Gasteiger partial charge in [-0.25, -0.2) is 4.98 Å². The van der Waals surface area contributed by atoms with Crippen molar-refractivity contribution in [3.63, 3.8) is 0 Å². The van der Waals surface area contributed by atoms with E-state index in [1.807, 2.05) is 68.4 Å². The van der Waals surface area contributed by atoms with Crippen LogP contribution < -0.4 is 10.6 Å². The average Bonchev–Trinajstić information content (AvgIpc) is 3.15. The summed E-state index contributed by atoms with van der Waals surface area (Å²) in [6.07, 6.45) is 1.20. The minimum absolute atomic E-state index is 0.00500. The van der Waals surface area contributed by atoms with Crippen LogP contribution in [-0.2, 0) is 17.8 Å². The highest BCUT2D eigenvalue weighted by molar-refractivity contribution is 7.09. The van der Waals surface area contributed by atoms with E-state index >= 15 is 0 Å². The van der Waals surface area contributed by atoms with Crippen LogP contribution in [-0.4, -0.2) is 16.8 Å². The second kappa shape index (κ2) is 9.98. The third-order valence-electron chi connectivity index (χ3n) is 4.24. The molecule has 1 aromatic heterocycles. The zero-order valence-electron chi connectivity index (χ0n) is 16.6. The Labute approximate surface area is 175 Å². The van der Waals surface area contributed by atoms with Crippen LogP contribution in [0.1, 0.15) is 46.9 Å². The van der Waals surface area contributed by atoms with Crippen LogP contribution in [0, 0.1) is 5.92 Å². The second-order valence-corrected chi connectivity index (χ2v) is 8.26. The van der Waals surface area contributed by atoms with E-state index in [0.29, 0.717) is 24.6 Å². The van der Waals surface area contributed by atoms with Crippen molar-refractivity contribution in [2.24, 2.45) is 5.92 Å². The van der Waals surface area contributed by atoms with Gasteiger partial charge < -0.3 is 10.6 Å². The van der Waals surface area contributed by atoms with Crippen molar-refractivity contribution in [3.8, 4) is 0 Å². The van der Waals surface area contributed by atoms with Gasteiger partial charge in [-0.3, -0.25) is 9.59 Å². The fourth-order valence-electron chi connectivity index (χ4n) is 2.88. The number of hydrogen-bond acceptors (Lipinski definition) is 4. The number of aromatic nitrogens is 1. The highest BCUT2D eigenvalue weighted by Gasteiger charge is 2.11. The Bertz CT molecular complexity index is 967. The Morgan fingerprint density at radius 2 is 1.79 bits per heavy atom. The molecule has 0 spiro atoms. The Morgan fingerprint density at radius 3 is 2.55 bits per heavy atom. The van der Waals surface area contributed by atoms with E-state index in [0.717, 1.165) is 22.7 Å². The summed E-state index contributed by atoms with van der Waals surface area (Å²) < 4.78 is 0. The highest BCUT2D eigenvalue weighted by Crippen LogP contribution is 2.16. The predicted octanol–water partition coefficient (Wildman–Crippen LogP) is 4.65. The van der Waals surface area contributed by atoms with Gasteiger partial charge in [0.2, 0.25) is 5.91 Å². The van der Waals surface area contributed by atoms with Crippen LogP contribution in [0.4, 0.5) is 5.69 Å². The van der Waals surface area contributed by atoms with Crippen molar-refractivity contribution in [1.29, 1.82) is 0 Å². The largest absolute Gasteiger partial charge is 0.347 e. The van der Waals surface area contributed by atoms with Gasteiger partial charge in [-0.2, -0.15) is 0 Å². The maximum atomic E-state index is 12.4. The van der Waals surface area contributed by atoms with E-state index < -0.39 is 0 Å².